The summed E-state index contributed by atoms with van der Waals surface area (Å²) in [4.78, 5) is 16.8. The molecule has 3 aromatic rings. The van der Waals surface area contributed by atoms with E-state index in [1.54, 1.807) is 10.9 Å². The van der Waals surface area contributed by atoms with E-state index in [1.807, 2.05) is 20.0 Å². The van der Waals surface area contributed by atoms with E-state index >= 15 is 0 Å². The van der Waals surface area contributed by atoms with Gasteiger partial charge in [-0.25, -0.2) is 4.98 Å². The second-order valence-corrected chi connectivity index (χ2v) is 6.89. The molecule has 134 valence electrons. The summed E-state index contributed by atoms with van der Waals surface area (Å²) in [5.74, 6) is -0.0844. The Morgan fingerprint density at radius 3 is 3.12 bits per heavy atom. The molecule has 0 aliphatic carbocycles. The normalized spacial score (nSPS) is 16.2. The summed E-state index contributed by atoms with van der Waals surface area (Å²) in [6, 6.07) is 10.7. The molecule has 0 radical (unpaired) electrons. The Bertz CT molecular complexity index is 962. The van der Waals surface area contributed by atoms with Crippen molar-refractivity contribution >= 4 is 22.6 Å². The van der Waals surface area contributed by atoms with Crippen molar-refractivity contribution in [1.29, 1.82) is 0 Å². The zero-order valence-electron chi connectivity index (χ0n) is 15.1. The number of aromatic nitrogens is 3. The first kappa shape index (κ1) is 16.6. The molecule has 1 aromatic carbocycles. The molecule has 1 aliphatic heterocycles. The fourth-order valence-corrected chi connectivity index (χ4v) is 3.61. The molecular weight excluding hydrogens is 326 g/mol. The van der Waals surface area contributed by atoms with Crippen LogP contribution >= 0.6 is 0 Å². The van der Waals surface area contributed by atoms with E-state index in [4.69, 9.17) is 0 Å². The van der Waals surface area contributed by atoms with Gasteiger partial charge in [-0.1, -0.05) is 18.2 Å². The summed E-state index contributed by atoms with van der Waals surface area (Å²) in [6.45, 7) is 2.57. The number of hydrogen-bond acceptors (Lipinski definition) is 4. The lowest BCUT2D eigenvalue weighted by atomic mass is 9.96. The molecule has 0 saturated carbocycles. The first-order chi connectivity index (χ1) is 12.6. The van der Waals surface area contributed by atoms with Crippen LogP contribution in [0.25, 0.3) is 11.0 Å². The minimum atomic E-state index is -0.0844. The third-order valence-electron chi connectivity index (χ3n) is 5.04. The van der Waals surface area contributed by atoms with Crippen LogP contribution in [-0.4, -0.2) is 33.3 Å². The van der Waals surface area contributed by atoms with Gasteiger partial charge in [-0.15, -0.1) is 0 Å². The Morgan fingerprint density at radius 2 is 2.23 bits per heavy atom. The van der Waals surface area contributed by atoms with Crippen LogP contribution in [0.15, 0.2) is 36.5 Å². The highest BCUT2D eigenvalue weighted by Crippen LogP contribution is 2.25. The van der Waals surface area contributed by atoms with Crippen LogP contribution < -0.4 is 10.6 Å². The third kappa shape index (κ3) is 3.14. The molecule has 0 spiro atoms. The number of nitrogens with one attached hydrogen (secondary N) is 2. The number of fused-ring (bicyclic) bond motifs is 2. The predicted molar refractivity (Wildman–Crippen MR) is 102 cm³/mol. The SMILES string of the molecule is Cc1nn(C)c2ncc(C(=O)NCCC3CCc4ccccc4N3)cc12. The van der Waals surface area contributed by atoms with Crippen molar-refractivity contribution in [3.05, 3.63) is 53.3 Å². The van der Waals surface area contributed by atoms with Crippen molar-refractivity contribution in [3.63, 3.8) is 0 Å². The van der Waals surface area contributed by atoms with Crippen LogP contribution in [0, 0.1) is 6.92 Å². The van der Waals surface area contributed by atoms with E-state index in [-0.39, 0.29) is 5.91 Å². The molecule has 0 bridgehead atoms. The minimum Gasteiger partial charge on any atom is -0.382 e. The van der Waals surface area contributed by atoms with Gasteiger partial charge in [0.1, 0.15) is 0 Å². The highest BCUT2D eigenvalue weighted by molar-refractivity contribution is 5.97. The molecule has 4 rings (SSSR count). The average molecular weight is 349 g/mol. The fourth-order valence-electron chi connectivity index (χ4n) is 3.61. The Morgan fingerprint density at radius 1 is 1.38 bits per heavy atom. The molecule has 26 heavy (non-hydrogen) atoms. The predicted octanol–water partition coefficient (Wildman–Crippen LogP) is 2.82. The molecule has 1 unspecified atom stereocenters. The van der Waals surface area contributed by atoms with Crippen LogP contribution in [0.4, 0.5) is 5.69 Å². The van der Waals surface area contributed by atoms with Crippen LogP contribution in [0.5, 0.6) is 0 Å². The van der Waals surface area contributed by atoms with Gasteiger partial charge in [-0.2, -0.15) is 5.10 Å². The van der Waals surface area contributed by atoms with Crippen molar-refractivity contribution in [2.75, 3.05) is 11.9 Å². The number of hydrogen-bond donors (Lipinski definition) is 2. The summed E-state index contributed by atoms with van der Waals surface area (Å²) >= 11 is 0. The van der Waals surface area contributed by atoms with Crippen molar-refractivity contribution in [3.8, 4) is 0 Å². The molecular formula is C20H23N5O. The monoisotopic (exact) mass is 349 g/mol. The number of pyridine rings is 1. The molecule has 1 amide bonds. The van der Waals surface area contributed by atoms with E-state index in [1.165, 1.54) is 11.3 Å². The van der Waals surface area contributed by atoms with Gasteiger partial charge in [-0.3, -0.25) is 9.48 Å². The molecule has 2 aromatic heterocycles. The number of aryl methyl sites for hydroxylation is 3. The van der Waals surface area contributed by atoms with Crippen LogP contribution in [0.3, 0.4) is 0 Å². The lowest BCUT2D eigenvalue weighted by molar-refractivity contribution is 0.0952. The Balaban J connectivity index is 1.35. The number of benzene rings is 1. The Labute approximate surface area is 152 Å². The lowest BCUT2D eigenvalue weighted by Gasteiger charge is -2.27. The quantitative estimate of drug-likeness (QED) is 0.760. The number of para-hydroxylation sites is 1. The van der Waals surface area contributed by atoms with E-state index in [0.717, 1.165) is 36.0 Å². The highest BCUT2D eigenvalue weighted by atomic mass is 16.1. The summed E-state index contributed by atoms with van der Waals surface area (Å²) in [6.07, 6.45) is 4.70. The van der Waals surface area contributed by atoms with E-state index < -0.39 is 0 Å². The molecule has 0 saturated heterocycles. The maximum atomic E-state index is 12.4. The first-order valence-corrected chi connectivity index (χ1v) is 9.04. The number of carbonyl (C=O) groups excluding carboxylic acids is 1. The van der Waals surface area contributed by atoms with Gasteiger partial charge in [0, 0.05) is 36.9 Å². The van der Waals surface area contributed by atoms with Crippen molar-refractivity contribution in [2.24, 2.45) is 7.05 Å². The lowest BCUT2D eigenvalue weighted by Crippen LogP contribution is -2.32. The number of amides is 1. The van der Waals surface area contributed by atoms with Gasteiger partial charge in [0.05, 0.1) is 11.3 Å². The standard InChI is InChI=1S/C20H23N5O/c1-13-17-11-15(12-22-19(17)25(2)24-13)20(26)21-10-9-16-8-7-14-5-3-4-6-18(14)23-16/h3-6,11-12,16,23H,7-10H2,1-2H3,(H,21,26). The molecule has 0 fully saturated rings. The first-order valence-electron chi connectivity index (χ1n) is 9.04. The van der Waals surface area contributed by atoms with E-state index in [2.05, 4.69) is 45.0 Å². The average Bonchev–Trinajstić information content (AvgIpc) is 2.95. The van der Waals surface area contributed by atoms with E-state index in [9.17, 15) is 4.79 Å². The van der Waals surface area contributed by atoms with Crippen LogP contribution in [-0.2, 0) is 13.5 Å². The highest BCUT2D eigenvalue weighted by Gasteiger charge is 2.17. The summed E-state index contributed by atoms with van der Waals surface area (Å²) < 4.78 is 1.74. The molecule has 6 heteroatoms. The Kier molecular flexibility index (Phi) is 4.32. The van der Waals surface area contributed by atoms with Gasteiger partial charge >= 0.3 is 0 Å². The van der Waals surface area contributed by atoms with Gasteiger partial charge < -0.3 is 10.6 Å². The third-order valence-corrected chi connectivity index (χ3v) is 5.04. The molecule has 6 nitrogen and oxygen atoms in total. The number of nitrogens with zero attached hydrogens (tertiary/aromatic N) is 3. The minimum absolute atomic E-state index is 0.0844. The van der Waals surface area contributed by atoms with Crippen molar-refractivity contribution in [1.82, 2.24) is 20.1 Å². The molecule has 1 aliphatic rings. The molecule has 2 N–H and O–H groups in total. The van der Waals surface area contributed by atoms with Crippen molar-refractivity contribution < 1.29 is 4.79 Å². The zero-order valence-corrected chi connectivity index (χ0v) is 15.1. The summed E-state index contributed by atoms with van der Waals surface area (Å²) in [5, 5.41) is 11.9. The topological polar surface area (TPSA) is 71.8 Å². The van der Waals surface area contributed by atoms with Gasteiger partial charge in [-0.05, 0) is 43.9 Å². The maximum absolute atomic E-state index is 12.4. The summed E-state index contributed by atoms with van der Waals surface area (Å²) in [7, 11) is 1.86. The largest absolute Gasteiger partial charge is 0.382 e. The second kappa shape index (κ2) is 6.78. The number of rotatable bonds is 4. The number of anilines is 1. The van der Waals surface area contributed by atoms with Crippen molar-refractivity contribution in [2.45, 2.75) is 32.2 Å². The van der Waals surface area contributed by atoms with Crippen LogP contribution in [0.1, 0.15) is 34.5 Å². The number of carbonyl (C=O) groups is 1. The zero-order chi connectivity index (χ0) is 18.1. The fraction of sp³-hybridized carbons (Fsp3) is 0.350. The molecule has 3 heterocycles. The smallest absolute Gasteiger partial charge is 0.252 e. The summed E-state index contributed by atoms with van der Waals surface area (Å²) in [5.41, 5.74) is 4.85. The van der Waals surface area contributed by atoms with Crippen LogP contribution in [0.2, 0.25) is 0 Å². The Hall–Kier alpha value is -2.89. The maximum Gasteiger partial charge on any atom is 0.252 e. The van der Waals surface area contributed by atoms with Gasteiger partial charge in [0.25, 0.3) is 5.91 Å². The molecule has 1 atom stereocenters. The van der Waals surface area contributed by atoms with E-state index in [0.29, 0.717) is 18.2 Å². The van der Waals surface area contributed by atoms with Gasteiger partial charge in [0.15, 0.2) is 5.65 Å². The van der Waals surface area contributed by atoms with Gasteiger partial charge in [0.2, 0.25) is 0 Å². The second-order valence-electron chi connectivity index (χ2n) is 6.89.